The lowest BCUT2D eigenvalue weighted by Gasteiger charge is -2.33. The summed E-state index contributed by atoms with van der Waals surface area (Å²) in [6, 6.07) is 0.553. The molecule has 0 atom stereocenters. The summed E-state index contributed by atoms with van der Waals surface area (Å²) in [5, 5.41) is 3.57. The Labute approximate surface area is 123 Å². The van der Waals surface area contributed by atoms with E-state index in [1.165, 1.54) is 0 Å². The largest absolute Gasteiger partial charge is 0.379 e. The molecular weight excluding hydrogens is 254 g/mol. The molecule has 118 valence electrons. The zero-order chi connectivity index (χ0) is 15.0. The maximum atomic E-state index is 11.9. The van der Waals surface area contributed by atoms with Gasteiger partial charge >= 0.3 is 0 Å². The number of carbonyl (C=O) groups excluding carboxylic acids is 1. The van der Waals surface area contributed by atoms with Gasteiger partial charge in [-0.2, -0.15) is 0 Å². The van der Waals surface area contributed by atoms with E-state index in [-0.39, 0.29) is 5.91 Å². The summed E-state index contributed by atoms with van der Waals surface area (Å²) < 4.78 is 5.52. The third-order valence-corrected chi connectivity index (χ3v) is 3.50. The molecule has 0 spiro atoms. The van der Waals surface area contributed by atoms with Crippen LogP contribution in [0.2, 0.25) is 0 Å². The molecule has 1 amide bonds. The van der Waals surface area contributed by atoms with Gasteiger partial charge in [-0.05, 0) is 53.8 Å². The number of rotatable bonds is 8. The Morgan fingerprint density at radius 1 is 1.35 bits per heavy atom. The molecule has 0 aromatic rings. The van der Waals surface area contributed by atoms with E-state index in [9.17, 15) is 4.79 Å². The number of ether oxygens (including phenoxy) is 1. The first kappa shape index (κ1) is 17.4. The Morgan fingerprint density at radius 3 is 2.55 bits per heavy atom. The van der Waals surface area contributed by atoms with Crippen LogP contribution >= 0.6 is 0 Å². The number of carbonyl (C=O) groups is 1. The summed E-state index contributed by atoms with van der Waals surface area (Å²) in [6.07, 6.45) is 3.49. The van der Waals surface area contributed by atoms with Gasteiger partial charge in [-0.15, -0.1) is 0 Å². The lowest BCUT2D eigenvalue weighted by molar-refractivity contribution is -0.132. The van der Waals surface area contributed by atoms with Gasteiger partial charge in [0.25, 0.3) is 0 Å². The van der Waals surface area contributed by atoms with Crippen LogP contribution in [0, 0.1) is 0 Å². The molecule has 0 aliphatic carbocycles. The first-order chi connectivity index (χ1) is 9.49. The van der Waals surface area contributed by atoms with Crippen LogP contribution in [0.3, 0.4) is 0 Å². The minimum absolute atomic E-state index is 0.249. The lowest BCUT2D eigenvalue weighted by atomic mass is 10.0. The smallest absolute Gasteiger partial charge is 0.236 e. The van der Waals surface area contributed by atoms with Crippen molar-refractivity contribution in [3.63, 3.8) is 0 Å². The Bertz CT molecular complexity index is 274. The molecule has 1 N–H and O–H groups in total. The number of piperidine rings is 1. The molecule has 1 aliphatic heterocycles. The van der Waals surface area contributed by atoms with Crippen LogP contribution < -0.4 is 5.32 Å². The van der Waals surface area contributed by atoms with Gasteiger partial charge in [0.05, 0.1) is 12.6 Å². The second-order valence-corrected chi connectivity index (χ2v) is 6.12. The van der Waals surface area contributed by atoms with E-state index in [4.69, 9.17) is 4.74 Å². The molecular formula is C15H31N3O2. The van der Waals surface area contributed by atoms with Crippen LogP contribution in [-0.2, 0) is 9.53 Å². The summed E-state index contributed by atoms with van der Waals surface area (Å²) >= 11 is 0. The molecule has 1 rings (SSSR count). The minimum Gasteiger partial charge on any atom is -0.379 e. The van der Waals surface area contributed by atoms with Crippen molar-refractivity contribution in [2.75, 3.05) is 46.9 Å². The van der Waals surface area contributed by atoms with Crippen LogP contribution in [-0.4, -0.2) is 74.7 Å². The van der Waals surface area contributed by atoms with E-state index in [1.807, 2.05) is 23.9 Å². The van der Waals surface area contributed by atoms with Crippen molar-refractivity contribution in [1.82, 2.24) is 15.1 Å². The summed E-state index contributed by atoms with van der Waals surface area (Å²) in [5.41, 5.74) is 0. The van der Waals surface area contributed by atoms with Crippen molar-refractivity contribution >= 4 is 5.91 Å². The summed E-state index contributed by atoms with van der Waals surface area (Å²) in [7, 11) is 3.87. The second kappa shape index (κ2) is 9.32. The highest BCUT2D eigenvalue weighted by Crippen LogP contribution is 2.10. The molecule has 0 bridgehead atoms. The second-order valence-electron chi connectivity index (χ2n) is 6.12. The van der Waals surface area contributed by atoms with Crippen LogP contribution in [0.5, 0.6) is 0 Å². The quantitative estimate of drug-likeness (QED) is 0.674. The Kier molecular flexibility index (Phi) is 8.11. The van der Waals surface area contributed by atoms with E-state index >= 15 is 0 Å². The predicted octanol–water partition coefficient (Wildman–Crippen LogP) is 0.944. The number of hydrogen-bond acceptors (Lipinski definition) is 4. The number of nitrogens with zero attached hydrogens (tertiary/aromatic N) is 2. The highest BCUT2D eigenvalue weighted by molar-refractivity contribution is 5.78. The van der Waals surface area contributed by atoms with Crippen molar-refractivity contribution < 1.29 is 9.53 Å². The highest BCUT2D eigenvalue weighted by atomic mass is 16.5. The van der Waals surface area contributed by atoms with Crippen molar-refractivity contribution in [3.8, 4) is 0 Å². The van der Waals surface area contributed by atoms with Crippen molar-refractivity contribution in [3.05, 3.63) is 0 Å². The first-order valence-corrected chi connectivity index (χ1v) is 7.76. The van der Waals surface area contributed by atoms with Gasteiger partial charge in [0.15, 0.2) is 0 Å². The van der Waals surface area contributed by atoms with Crippen molar-refractivity contribution in [2.45, 2.75) is 45.3 Å². The topological polar surface area (TPSA) is 44.8 Å². The van der Waals surface area contributed by atoms with Crippen LogP contribution in [0.4, 0.5) is 0 Å². The van der Waals surface area contributed by atoms with Crippen molar-refractivity contribution in [1.29, 1.82) is 0 Å². The Balaban J connectivity index is 2.08. The average Bonchev–Trinajstić information content (AvgIpc) is 2.38. The maximum Gasteiger partial charge on any atom is 0.236 e. The number of likely N-dealkylation sites (tertiary alicyclic amines) is 1. The maximum absolute atomic E-state index is 11.9. The molecule has 0 aromatic carbocycles. The van der Waals surface area contributed by atoms with Crippen LogP contribution in [0.15, 0.2) is 0 Å². The fourth-order valence-electron chi connectivity index (χ4n) is 2.40. The van der Waals surface area contributed by atoms with Gasteiger partial charge in [-0.25, -0.2) is 0 Å². The summed E-state index contributed by atoms with van der Waals surface area (Å²) in [6.45, 7) is 8.24. The Morgan fingerprint density at radius 2 is 2.00 bits per heavy atom. The zero-order valence-electron chi connectivity index (χ0n) is 13.5. The molecule has 0 saturated carbocycles. The molecule has 1 heterocycles. The lowest BCUT2D eigenvalue weighted by Crippen LogP contribution is -2.47. The van der Waals surface area contributed by atoms with Crippen LogP contribution in [0.25, 0.3) is 0 Å². The fourth-order valence-corrected chi connectivity index (χ4v) is 2.40. The van der Waals surface area contributed by atoms with E-state index in [0.717, 1.165) is 45.5 Å². The van der Waals surface area contributed by atoms with E-state index in [1.54, 1.807) is 0 Å². The minimum atomic E-state index is 0.249. The number of likely N-dealkylation sites (N-methyl/N-ethyl adjacent to an activating group) is 1. The summed E-state index contributed by atoms with van der Waals surface area (Å²) in [5.74, 6) is 0.249. The van der Waals surface area contributed by atoms with Crippen molar-refractivity contribution in [2.24, 2.45) is 0 Å². The molecule has 0 radical (unpaired) electrons. The molecule has 0 unspecified atom stereocenters. The average molecular weight is 285 g/mol. The van der Waals surface area contributed by atoms with Gasteiger partial charge in [-0.3, -0.25) is 4.79 Å². The molecule has 1 fully saturated rings. The predicted molar refractivity (Wildman–Crippen MR) is 81.9 cm³/mol. The molecule has 1 aliphatic rings. The zero-order valence-corrected chi connectivity index (χ0v) is 13.5. The normalized spacial score (nSPS) is 17.2. The monoisotopic (exact) mass is 285 g/mol. The van der Waals surface area contributed by atoms with E-state index in [0.29, 0.717) is 18.7 Å². The van der Waals surface area contributed by atoms with Gasteiger partial charge in [0.1, 0.15) is 0 Å². The van der Waals surface area contributed by atoms with Gasteiger partial charge in [-0.1, -0.05) is 0 Å². The van der Waals surface area contributed by atoms with Gasteiger partial charge in [0, 0.05) is 25.7 Å². The molecule has 1 saturated heterocycles. The number of nitrogens with one attached hydrogen (secondary N) is 1. The fraction of sp³-hybridized carbons (Fsp3) is 0.933. The molecule has 5 heteroatoms. The third-order valence-electron chi connectivity index (χ3n) is 3.50. The number of amides is 1. The third kappa shape index (κ3) is 7.22. The Hall–Kier alpha value is -0.650. The SMILES string of the molecule is CC(C)OCCCNC1CCN(C(=O)CN(C)C)CC1. The summed E-state index contributed by atoms with van der Waals surface area (Å²) in [4.78, 5) is 15.8. The standard InChI is InChI=1S/C15H31N3O2/c1-13(2)20-11-5-8-16-14-6-9-18(10-7-14)15(19)12-17(3)4/h13-14,16H,5-12H2,1-4H3. The highest BCUT2D eigenvalue weighted by Gasteiger charge is 2.22. The first-order valence-electron chi connectivity index (χ1n) is 7.76. The van der Waals surface area contributed by atoms with E-state index in [2.05, 4.69) is 19.2 Å². The number of hydrogen-bond donors (Lipinski definition) is 1. The molecule has 20 heavy (non-hydrogen) atoms. The van der Waals surface area contributed by atoms with Crippen LogP contribution in [0.1, 0.15) is 33.1 Å². The molecule has 0 aromatic heterocycles. The van der Waals surface area contributed by atoms with Gasteiger partial charge in [0.2, 0.25) is 5.91 Å². The van der Waals surface area contributed by atoms with Gasteiger partial charge < -0.3 is 19.9 Å². The molecule has 5 nitrogen and oxygen atoms in total. The van der Waals surface area contributed by atoms with E-state index < -0.39 is 0 Å².